The molecule has 1 aliphatic carbocycles. The number of rotatable bonds is 7. The fourth-order valence-electron chi connectivity index (χ4n) is 2.19. The molecule has 1 aromatic carbocycles. The van der Waals surface area contributed by atoms with Crippen molar-refractivity contribution >= 4 is 23.6 Å². The molecule has 22 heavy (non-hydrogen) atoms. The second kappa shape index (κ2) is 7.54. The predicted molar refractivity (Wildman–Crippen MR) is 85.4 cm³/mol. The first kappa shape index (κ1) is 16.7. The van der Waals surface area contributed by atoms with Crippen molar-refractivity contribution in [1.29, 1.82) is 0 Å². The van der Waals surface area contributed by atoms with E-state index in [0.717, 1.165) is 17.7 Å². The van der Waals surface area contributed by atoms with E-state index >= 15 is 0 Å². The molecule has 0 spiro atoms. The van der Waals surface area contributed by atoms with Crippen molar-refractivity contribution in [2.45, 2.75) is 30.7 Å². The van der Waals surface area contributed by atoms with Crippen LogP contribution in [0.25, 0.3) is 0 Å². The van der Waals surface area contributed by atoms with Gasteiger partial charge >= 0.3 is 5.97 Å². The highest BCUT2D eigenvalue weighted by molar-refractivity contribution is 7.98. The van der Waals surface area contributed by atoms with Crippen LogP contribution in [0.2, 0.25) is 0 Å². The zero-order chi connectivity index (χ0) is 16.1. The fraction of sp³-hybridized carbons (Fsp3) is 0.500. The van der Waals surface area contributed by atoms with Gasteiger partial charge in [-0.05, 0) is 50.1 Å². The maximum Gasteiger partial charge on any atom is 0.342 e. The SMILES string of the molecule is COc1cc(SC)ccc1C(=O)OCC(=O)N[C@H](C)C1CC1. The molecule has 0 aliphatic heterocycles. The second-order valence-electron chi connectivity index (χ2n) is 5.34. The van der Waals surface area contributed by atoms with Crippen molar-refractivity contribution in [3.8, 4) is 5.75 Å². The third-order valence-corrected chi connectivity index (χ3v) is 4.41. The van der Waals surface area contributed by atoms with E-state index in [-0.39, 0.29) is 18.6 Å². The number of benzene rings is 1. The second-order valence-corrected chi connectivity index (χ2v) is 6.22. The summed E-state index contributed by atoms with van der Waals surface area (Å²) in [5, 5.41) is 2.84. The number of amides is 1. The van der Waals surface area contributed by atoms with E-state index in [9.17, 15) is 9.59 Å². The van der Waals surface area contributed by atoms with Gasteiger partial charge < -0.3 is 14.8 Å². The minimum Gasteiger partial charge on any atom is -0.496 e. The van der Waals surface area contributed by atoms with Crippen LogP contribution in [0, 0.1) is 5.92 Å². The number of hydrogen-bond acceptors (Lipinski definition) is 5. The fourth-order valence-corrected chi connectivity index (χ4v) is 2.61. The lowest BCUT2D eigenvalue weighted by atomic mass is 10.2. The topological polar surface area (TPSA) is 64.6 Å². The lowest BCUT2D eigenvalue weighted by molar-refractivity contribution is -0.125. The Morgan fingerprint density at radius 2 is 2.14 bits per heavy atom. The number of carbonyl (C=O) groups excluding carboxylic acids is 2. The molecule has 0 aromatic heterocycles. The molecule has 2 rings (SSSR count). The molecule has 1 saturated carbocycles. The quantitative estimate of drug-likeness (QED) is 0.617. The maximum atomic E-state index is 12.1. The lowest BCUT2D eigenvalue weighted by Gasteiger charge is -2.13. The lowest BCUT2D eigenvalue weighted by Crippen LogP contribution is -2.37. The molecule has 1 aromatic rings. The highest BCUT2D eigenvalue weighted by Gasteiger charge is 2.29. The Bertz CT molecular complexity index is 557. The van der Waals surface area contributed by atoms with Gasteiger partial charge in [0.2, 0.25) is 0 Å². The first-order valence-corrected chi connectivity index (χ1v) is 8.46. The van der Waals surface area contributed by atoms with Crippen molar-refractivity contribution in [3.63, 3.8) is 0 Å². The Labute approximate surface area is 134 Å². The van der Waals surface area contributed by atoms with Gasteiger partial charge in [-0.1, -0.05) is 0 Å². The van der Waals surface area contributed by atoms with Crippen molar-refractivity contribution in [2.75, 3.05) is 20.0 Å². The molecule has 0 bridgehead atoms. The normalized spacial score (nSPS) is 15.0. The van der Waals surface area contributed by atoms with E-state index in [2.05, 4.69) is 5.32 Å². The molecular weight excluding hydrogens is 302 g/mol. The zero-order valence-electron chi connectivity index (χ0n) is 13.0. The van der Waals surface area contributed by atoms with Gasteiger partial charge in [0, 0.05) is 10.9 Å². The van der Waals surface area contributed by atoms with Crippen molar-refractivity contribution in [3.05, 3.63) is 23.8 Å². The summed E-state index contributed by atoms with van der Waals surface area (Å²) in [5.41, 5.74) is 0.323. The monoisotopic (exact) mass is 323 g/mol. The van der Waals surface area contributed by atoms with Crippen LogP contribution in [0.5, 0.6) is 5.75 Å². The number of carbonyl (C=O) groups is 2. The van der Waals surface area contributed by atoms with Crippen LogP contribution >= 0.6 is 11.8 Å². The molecule has 0 heterocycles. The van der Waals surface area contributed by atoms with Crippen LogP contribution in [-0.4, -0.2) is 37.9 Å². The molecule has 6 heteroatoms. The first-order chi connectivity index (χ1) is 10.5. The minimum absolute atomic E-state index is 0.140. The molecule has 1 aliphatic rings. The molecule has 0 saturated heterocycles. The number of ether oxygens (including phenoxy) is 2. The van der Waals surface area contributed by atoms with E-state index in [0.29, 0.717) is 17.2 Å². The Kier molecular flexibility index (Phi) is 5.71. The zero-order valence-corrected chi connectivity index (χ0v) is 13.9. The van der Waals surface area contributed by atoms with Crippen molar-refractivity contribution < 1.29 is 19.1 Å². The van der Waals surface area contributed by atoms with E-state index in [4.69, 9.17) is 9.47 Å². The molecule has 0 radical (unpaired) electrons. The highest BCUT2D eigenvalue weighted by atomic mass is 32.2. The van der Waals surface area contributed by atoms with Gasteiger partial charge in [-0.25, -0.2) is 4.79 Å². The van der Waals surface area contributed by atoms with Crippen LogP contribution in [0.3, 0.4) is 0 Å². The van der Waals surface area contributed by atoms with Crippen LogP contribution in [0.4, 0.5) is 0 Å². The Balaban J connectivity index is 1.89. The Morgan fingerprint density at radius 1 is 1.41 bits per heavy atom. The Hall–Kier alpha value is -1.69. The summed E-state index contributed by atoms with van der Waals surface area (Å²) in [5.74, 6) is 0.189. The number of hydrogen-bond donors (Lipinski definition) is 1. The van der Waals surface area contributed by atoms with Gasteiger partial charge in [0.15, 0.2) is 6.61 Å². The maximum absolute atomic E-state index is 12.1. The molecule has 120 valence electrons. The molecule has 0 unspecified atom stereocenters. The van der Waals surface area contributed by atoms with Crippen LogP contribution in [0.15, 0.2) is 23.1 Å². The smallest absolute Gasteiger partial charge is 0.342 e. The van der Waals surface area contributed by atoms with E-state index < -0.39 is 5.97 Å². The predicted octanol–water partition coefficient (Wildman–Crippen LogP) is 2.49. The van der Waals surface area contributed by atoms with E-state index in [1.165, 1.54) is 7.11 Å². The summed E-state index contributed by atoms with van der Waals surface area (Å²) in [4.78, 5) is 24.8. The van der Waals surface area contributed by atoms with Crippen LogP contribution < -0.4 is 10.1 Å². The molecule has 5 nitrogen and oxygen atoms in total. The molecule has 1 atom stereocenters. The summed E-state index contributed by atoms with van der Waals surface area (Å²) >= 11 is 1.56. The average Bonchev–Trinajstić information content (AvgIpc) is 3.36. The summed E-state index contributed by atoms with van der Waals surface area (Å²) in [6.45, 7) is 1.70. The Morgan fingerprint density at radius 3 is 2.73 bits per heavy atom. The largest absolute Gasteiger partial charge is 0.496 e. The van der Waals surface area contributed by atoms with Gasteiger partial charge in [0.25, 0.3) is 5.91 Å². The standard InChI is InChI=1S/C16H21NO4S/c1-10(11-4-5-11)17-15(18)9-21-16(19)13-7-6-12(22-3)8-14(13)20-2/h6-8,10-11H,4-5,9H2,1-3H3,(H,17,18)/t10-/m1/s1. The van der Waals surface area contributed by atoms with Gasteiger partial charge in [0.05, 0.1) is 7.11 Å². The summed E-state index contributed by atoms with van der Waals surface area (Å²) in [6.07, 6.45) is 4.25. The van der Waals surface area contributed by atoms with Gasteiger partial charge in [-0.3, -0.25) is 4.79 Å². The van der Waals surface area contributed by atoms with E-state index in [1.807, 2.05) is 19.2 Å². The van der Waals surface area contributed by atoms with Crippen LogP contribution in [0.1, 0.15) is 30.1 Å². The molecule has 1 amide bonds. The number of methoxy groups -OCH3 is 1. The number of esters is 1. The van der Waals surface area contributed by atoms with Crippen LogP contribution in [-0.2, 0) is 9.53 Å². The number of nitrogens with one attached hydrogen (secondary N) is 1. The average molecular weight is 323 g/mol. The molecule has 1 fully saturated rings. The van der Waals surface area contributed by atoms with Gasteiger partial charge in [0.1, 0.15) is 11.3 Å². The van der Waals surface area contributed by atoms with Gasteiger partial charge in [-0.15, -0.1) is 11.8 Å². The summed E-state index contributed by atoms with van der Waals surface area (Å²) in [6, 6.07) is 5.38. The van der Waals surface area contributed by atoms with Crippen molar-refractivity contribution in [1.82, 2.24) is 5.32 Å². The summed E-state index contributed by atoms with van der Waals surface area (Å²) in [7, 11) is 1.50. The highest BCUT2D eigenvalue weighted by Crippen LogP contribution is 2.32. The van der Waals surface area contributed by atoms with Gasteiger partial charge in [-0.2, -0.15) is 0 Å². The van der Waals surface area contributed by atoms with Crippen molar-refractivity contribution in [2.24, 2.45) is 5.92 Å². The first-order valence-electron chi connectivity index (χ1n) is 7.23. The van der Waals surface area contributed by atoms with E-state index in [1.54, 1.807) is 23.9 Å². The summed E-state index contributed by atoms with van der Waals surface area (Å²) < 4.78 is 10.3. The number of thioether (sulfide) groups is 1. The molecule has 1 N–H and O–H groups in total. The third kappa shape index (κ3) is 4.40. The third-order valence-electron chi connectivity index (χ3n) is 3.68. The molecular formula is C16H21NO4S. The minimum atomic E-state index is -0.557.